The van der Waals surface area contributed by atoms with E-state index >= 15 is 0 Å². The van der Waals surface area contributed by atoms with Crippen molar-refractivity contribution in [3.63, 3.8) is 0 Å². The van der Waals surface area contributed by atoms with Gasteiger partial charge >= 0.3 is 0 Å². The molecule has 106 valence electrons. The van der Waals surface area contributed by atoms with Crippen molar-refractivity contribution >= 4 is 28.1 Å². The van der Waals surface area contributed by atoms with E-state index in [-0.39, 0.29) is 12.3 Å². The van der Waals surface area contributed by atoms with Gasteiger partial charge in [-0.05, 0) is 24.6 Å². The van der Waals surface area contributed by atoms with Crippen molar-refractivity contribution in [3.05, 3.63) is 18.2 Å². The van der Waals surface area contributed by atoms with E-state index in [0.717, 1.165) is 6.42 Å². The Morgan fingerprint density at radius 3 is 2.79 bits per heavy atom. The van der Waals surface area contributed by atoms with Gasteiger partial charge in [0.15, 0.2) is 0 Å². The van der Waals surface area contributed by atoms with Crippen LogP contribution in [0.4, 0.5) is 11.4 Å². The van der Waals surface area contributed by atoms with Crippen molar-refractivity contribution in [2.24, 2.45) is 0 Å². The monoisotopic (exact) mass is 284 g/mol. The molecule has 1 rings (SSSR count). The lowest BCUT2D eigenvalue weighted by atomic mass is 10.2. The van der Waals surface area contributed by atoms with E-state index in [0.29, 0.717) is 28.6 Å². The molecule has 0 fully saturated rings. The number of carbonyl (C=O) groups is 1. The topological polar surface area (TPSA) is 81.4 Å². The molecule has 0 spiro atoms. The first-order chi connectivity index (χ1) is 9.06. The Bertz CT molecular complexity index is 463. The normalized spacial score (nSPS) is 11.9. The van der Waals surface area contributed by atoms with E-state index in [2.05, 4.69) is 5.32 Å². The minimum absolute atomic E-state index is 0.187. The highest BCUT2D eigenvalue weighted by molar-refractivity contribution is 7.84. The molecular weight excluding hydrogens is 264 g/mol. The zero-order valence-corrected chi connectivity index (χ0v) is 12.1. The van der Waals surface area contributed by atoms with Gasteiger partial charge in [0.05, 0.1) is 12.8 Å². The fourth-order valence-electron chi connectivity index (χ4n) is 1.57. The lowest BCUT2D eigenvalue weighted by Gasteiger charge is -2.10. The molecule has 0 saturated heterocycles. The summed E-state index contributed by atoms with van der Waals surface area (Å²) < 4.78 is 16.6. The molecule has 1 atom stereocenters. The van der Waals surface area contributed by atoms with Crippen LogP contribution in [0.3, 0.4) is 0 Å². The van der Waals surface area contributed by atoms with E-state index in [4.69, 9.17) is 10.5 Å². The minimum Gasteiger partial charge on any atom is -0.495 e. The van der Waals surface area contributed by atoms with Crippen molar-refractivity contribution < 1.29 is 13.7 Å². The fourth-order valence-corrected chi connectivity index (χ4v) is 2.64. The number of nitrogens with two attached hydrogens (primary N) is 1. The van der Waals surface area contributed by atoms with Crippen molar-refractivity contribution in [2.45, 2.75) is 19.8 Å². The summed E-state index contributed by atoms with van der Waals surface area (Å²) in [6, 6.07) is 5.03. The molecule has 3 N–H and O–H groups in total. The number of ether oxygens (including phenoxy) is 1. The van der Waals surface area contributed by atoms with E-state index in [1.807, 2.05) is 6.92 Å². The predicted molar refractivity (Wildman–Crippen MR) is 78.8 cm³/mol. The number of nitrogens with one attached hydrogen (secondary N) is 1. The molecule has 0 aliphatic rings. The zero-order chi connectivity index (χ0) is 14.3. The summed E-state index contributed by atoms with van der Waals surface area (Å²) in [5, 5.41) is 2.72. The summed E-state index contributed by atoms with van der Waals surface area (Å²) in [4.78, 5) is 11.8. The SMILES string of the molecule is CCCS(=O)CCC(=O)Nc1cc(N)ccc1OC. The maximum Gasteiger partial charge on any atom is 0.225 e. The maximum atomic E-state index is 11.8. The molecule has 1 aromatic rings. The zero-order valence-electron chi connectivity index (χ0n) is 11.3. The number of nitrogen functional groups attached to an aromatic ring is 1. The van der Waals surface area contributed by atoms with Gasteiger partial charge in [-0.3, -0.25) is 9.00 Å². The quantitative estimate of drug-likeness (QED) is 0.748. The Kier molecular flexibility index (Phi) is 6.35. The third-order valence-electron chi connectivity index (χ3n) is 2.49. The maximum absolute atomic E-state index is 11.8. The summed E-state index contributed by atoms with van der Waals surface area (Å²) in [5.74, 6) is 1.38. The smallest absolute Gasteiger partial charge is 0.225 e. The number of amides is 1. The van der Waals surface area contributed by atoms with E-state index in [1.54, 1.807) is 18.2 Å². The van der Waals surface area contributed by atoms with Gasteiger partial charge in [-0.2, -0.15) is 0 Å². The van der Waals surface area contributed by atoms with Crippen molar-refractivity contribution in [1.29, 1.82) is 0 Å². The van der Waals surface area contributed by atoms with E-state index in [9.17, 15) is 9.00 Å². The van der Waals surface area contributed by atoms with Gasteiger partial charge in [0.1, 0.15) is 5.75 Å². The Hall–Kier alpha value is -1.56. The second-order valence-electron chi connectivity index (χ2n) is 4.11. The van der Waals surface area contributed by atoms with Crippen LogP contribution in [0.1, 0.15) is 19.8 Å². The van der Waals surface area contributed by atoms with Crippen molar-refractivity contribution in [2.75, 3.05) is 29.7 Å². The van der Waals surface area contributed by atoms with Crippen LogP contribution in [0.15, 0.2) is 18.2 Å². The average molecular weight is 284 g/mol. The molecule has 1 amide bonds. The summed E-state index contributed by atoms with van der Waals surface area (Å²) in [7, 11) is 0.598. The molecule has 0 saturated carbocycles. The van der Waals surface area contributed by atoms with Crippen LogP contribution in [0.5, 0.6) is 5.75 Å². The van der Waals surface area contributed by atoms with Gasteiger partial charge in [0, 0.05) is 34.4 Å². The highest BCUT2D eigenvalue weighted by Gasteiger charge is 2.09. The number of hydrogen-bond acceptors (Lipinski definition) is 4. The second kappa shape index (κ2) is 7.78. The lowest BCUT2D eigenvalue weighted by molar-refractivity contribution is -0.115. The molecule has 6 heteroatoms. The van der Waals surface area contributed by atoms with Crippen LogP contribution >= 0.6 is 0 Å². The molecule has 19 heavy (non-hydrogen) atoms. The molecule has 0 aliphatic carbocycles. The van der Waals surface area contributed by atoms with Crippen LogP contribution in [-0.2, 0) is 15.6 Å². The van der Waals surface area contributed by atoms with Gasteiger partial charge in [-0.25, -0.2) is 0 Å². The Morgan fingerprint density at radius 2 is 2.16 bits per heavy atom. The highest BCUT2D eigenvalue weighted by atomic mass is 32.2. The lowest BCUT2D eigenvalue weighted by Crippen LogP contribution is -2.16. The van der Waals surface area contributed by atoms with Gasteiger partial charge in [0.25, 0.3) is 0 Å². The van der Waals surface area contributed by atoms with Gasteiger partial charge < -0.3 is 15.8 Å². The van der Waals surface area contributed by atoms with E-state index < -0.39 is 10.8 Å². The number of hydrogen-bond donors (Lipinski definition) is 2. The van der Waals surface area contributed by atoms with Gasteiger partial charge in [-0.15, -0.1) is 0 Å². The highest BCUT2D eigenvalue weighted by Crippen LogP contribution is 2.26. The number of carbonyl (C=O) groups excluding carboxylic acids is 1. The number of benzene rings is 1. The second-order valence-corrected chi connectivity index (χ2v) is 5.80. The summed E-state index contributed by atoms with van der Waals surface area (Å²) in [5.41, 5.74) is 6.75. The van der Waals surface area contributed by atoms with E-state index in [1.165, 1.54) is 7.11 Å². The third kappa shape index (κ3) is 5.30. The molecule has 1 unspecified atom stereocenters. The van der Waals surface area contributed by atoms with Gasteiger partial charge in [-0.1, -0.05) is 6.92 Å². The summed E-state index contributed by atoms with van der Waals surface area (Å²) in [6.07, 6.45) is 1.09. The standard InChI is InChI=1S/C13H20N2O3S/c1-3-7-19(17)8-6-13(16)15-11-9-10(14)4-5-12(11)18-2/h4-5,9H,3,6-8,14H2,1-2H3,(H,15,16). The van der Waals surface area contributed by atoms with Gasteiger partial charge in [0.2, 0.25) is 5.91 Å². The largest absolute Gasteiger partial charge is 0.495 e. The molecular formula is C13H20N2O3S. The van der Waals surface area contributed by atoms with Crippen LogP contribution < -0.4 is 15.8 Å². The van der Waals surface area contributed by atoms with Crippen LogP contribution in [0.2, 0.25) is 0 Å². The molecule has 1 aromatic carbocycles. The third-order valence-corrected chi connectivity index (χ3v) is 4.01. The predicted octanol–water partition coefficient (Wildman–Crippen LogP) is 1.76. The minimum atomic E-state index is -0.927. The Balaban J connectivity index is 2.57. The first-order valence-electron chi connectivity index (χ1n) is 6.15. The first kappa shape index (κ1) is 15.5. The number of anilines is 2. The molecule has 0 bridgehead atoms. The Morgan fingerprint density at radius 1 is 1.42 bits per heavy atom. The van der Waals surface area contributed by atoms with Crippen molar-refractivity contribution in [1.82, 2.24) is 0 Å². The molecule has 0 aliphatic heterocycles. The van der Waals surface area contributed by atoms with Crippen LogP contribution in [0, 0.1) is 0 Å². The molecule has 0 aromatic heterocycles. The molecule has 0 radical (unpaired) electrons. The van der Waals surface area contributed by atoms with Crippen molar-refractivity contribution in [3.8, 4) is 5.75 Å². The summed E-state index contributed by atoms with van der Waals surface area (Å²) in [6.45, 7) is 1.97. The molecule has 5 nitrogen and oxygen atoms in total. The van der Waals surface area contributed by atoms with Crippen LogP contribution in [-0.4, -0.2) is 28.7 Å². The number of methoxy groups -OCH3 is 1. The Labute approximate surface area is 116 Å². The van der Waals surface area contributed by atoms with Crippen LogP contribution in [0.25, 0.3) is 0 Å². The average Bonchev–Trinajstić information content (AvgIpc) is 2.37. The summed E-state index contributed by atoms with van der Waals surface area (Å²) >= 11 is 0. The molecule has 0 heterocycles. The first-order valence-corrected chi connectivity index (χ1v) is 7.64. The fraction of sp³-hybridized carbons (Fsp3) is 0.462. The number of rotatable bonds is 7.